The van der Waals surface area contributed by atoms with Gasteiger partial charge in [-0.1, -0.05) is 18.5 Å². The van der Waals surface area contributed by atoms with Crippen molar-refractivity contribution < 1.29 is 9.18 Å². The molecule has 0 spiro atoms. The van der Waals surface area contributed by atoms with E-state index in [0.717, 1.165) is 9.99 Å². The van der Waals surface area contributed by atoms with Gasteiger partial charge in [-0.3, -0.25) is 4.79 Å². The monoisotopic (exact) mass is 382 g/mol. The first-order valence-electron chi connectivity index (χ1n) is 5.40. The van der Waals surface area contributed by atoms with Gasteiger partial charge in [-0.2, -0.15) is 0 Å². The topological polar surface area (TPSA) is 41.1 Å². The van der Waals surface area contributed by atoms with Gasteiger partial charge in [0.05, 0.1) is 5.69 Å². The van der Waals surface area contributed by atoms with Crippen molar-refractivity contribution in [3.05, 3.63) is 38.8 Å². The fourth-order valence-corrected chi connectivity index (χ4v) is 1.82. The molecule has 0 bridgehead atoms. The molecule has 18 heavy (non-hydrogen) atoms. The summed E-state index contributed by atoms with van der Waals surface area (Å²) in [5.74, 6) is -0.940. The number of carbonyl (C=O) groups is 1. The van der Waals surface area contributed by atoms with Crippen LogP contribution in [0.15, 0.2) is 29.4 Å². The molecular weight excluding hydrogens is 370 g/mol. The van der Waals surface area contributed by atoms with Crippen molar-refractivity contribution in [1.82, 2.24) is 5.32 Å². The van der Waals surface area contributed by atoms with Gasteiger partial charge in [0.25, 0.3) is 5.91 Å². The fraction of sp³-hybridized carbons (Fsp3) is 0.250. The molecule has 3 nitrogen and oxygen atoms in total. The first-order chi connectivity index (χ1) is 8.52. The van der Waals surface area contributed by atoms with Gasteiger partial charge in [-0.15, -0.1) is 0 Å². The Morgan fingerprint density at radius 1 is 1.56 bits per heavy atom. The Labute approximate surface area is 124 Å². The number of carbonyl (C=O) groups excluding carboxylic acids is 1. The molecule has 0 radical (unpaired) electrons. The molecule has 0 unspecified atom stereocenters. The molecule has 0 aromatic heterocycles. The second-order valence-electron chi connectivity index (χ2n) is 3.53. The summed E-state index contributed by atoms with van der Waals surface area (Å²) in [5.41, 5.74) is 0.136. The number of hydrogen-bond donors (Lipinski definition) is 2. The molecule has 0 fully saturated rings. The smallest absolute Gasteiger partial charge is 0.251 e. The highest BCUT2D eigenvalue weighted by Crippen LogP contribution is 2.17. The minimum absolute atomic E-state index is 0.136. The molecule has 0 aliphatic heterocycles. The summed E-state index contributed by atoms with van der Waals surface area (Å²) in [4.78, 5) is 11.5. The standard InChI is InChI=1S/C12H13ClFIN2O/c1-2-5-16-11(13)7-12(18)17-10-4-3-8(15)6-9(10)14/h3-4,6-7,16H,2,5H2,1H3,(H,17,18)/b11-7-. The fourth-order valence-electron chi connectivity index (χ4n) is 1.17. The van der Waals surface area contributed by atoms with Crippen molar-refractivity contribution in [2.45, 2.75) is 13.3 Å². The van der Waals surface area contributed by atoms with Gasteiger partial charge in [-0.05, 0) is 47.2 Å². The summed E-state index contributed by atoms with van der Waals surface area (Å²) in [5, 5.41) is 5.51. The van der Waals surface area contributed by atoms with Crippen molar-refractivity contribution in [2.75, 3.05) is 11.9 Å². The number of halogens is 3. The van der Waals surface area contributed by atoms with Crippen LogP contribution in [0, 0.1) is 9.39 Å². The van der Waals surface area contributed by atoms with Crippen LogP contribution in [0.1, 0.15) is 13.3 Å². The van der Waals surface area contributed by atoms with Crippen LogP contribution >= 0.6 is 34.2 Å². The van der Waals surface area contributed by atoms with Crippen LogP contribution in [-0.4, -0.2) is 12.5 Å². The van der Waals surface area contributed by atoms with Crippen molar-refractivity contribution in [3.8, 4) is 0 Å². The van der Waals surface area contributed by atoms with Crippen molar-refractivity contribution in [3.63, 3.8) is 0 Å². The second kappa shape index (κ2) is 7.58. The molecule has 0 saturated heterocycles. The van der Waals surface area contributed by atoms with Crippen LogP contribution in [0.4, 0.5) is 10.1 Å². The van der Waals surface area contributed by atoms with Crippen LogP contribution in [0.3, 0.4) is 0 Å². The predicted molar refractivity (Wildman–Crippen MR) is 80.0 cm³/mol. The Bertz CT molecular complexity index is 465. The average molecular weight is 383 g/mol. The van der Waals surface area contributed by atoms with Gasteiger partial charge < -0.3 is 10.6 Å². The first-order valence-corrected chi connectivity index (χ1v) is 6.85. The molecule has 1 amide bonds. The van der Waals surface area contributed by atoms with Gasteiger partial charge in [0.15, 0.2) is 0 Å². The van der Waals surface area contributed by atoms with E-state index in [1.54, 1.807) is 6.07 Å². The maximum absolute atomic E-state index is 13.5. The van der Waals surface area contributed by atoms with Gasteiger partial charge in [-0.25, -0.2) is 4.39 Å². The minimum atomic E-state index is -0.471. The van der Waals surface area contributed by atoms with Gasteiger partial charge >= 0.3 is 0 Å². The van der Waals surface area contributed by atoms with E-state index in [1.165, 1.54) is 18.2 Å². The summed E-state index contributed by atoms with van der Waals surface area (Å²) < 4.78 is 14.2. The van der Waals surface area contributed by atoms with Gasteiger partial charge in [0.2, 0.25) is 0 Å². The number of amides is 1. The number of benzene rings is 1. The van der Waals surface area contributed by atoms with E-state index in [9.17, 15) is 9.18 Å². The second-order valence-corrected chi connectivity index (χ2v) is 5.19. The highest BCUT2D eigenvalue weighted by atomic mass is 127. The molecule has 2 N–H and O–H groups in total. The lowest BCUT2D eigenvalue weighted by Crippen LogP contribution is -2.15. The lowest BCUT2D eigenvalue weighted by Gasteiger charge is -2.05. The summed E-state index contributed by atoms with van der Waals surface area (Å²) in [6, 6.07) is 4.56. The van der Waals surface area contributed by atoms with Crippen LogP contribution < -0.4 is 10.6 Å². The predicted octanol–water partition coefficient (Wildman–Crippen LogP) is 3.45. The SMILES string of the molecule is CCCN/C(Cl)=C\C(=O)Nc1ccc(I)cc1F. The Morgan fingerprint density at radius 2 is 2.28 bits per heavy atom. The summed E-state index contributed by atoms with van der Waals surface area (Å²) in [6.45, 7) is 2.67. The zero-order chi connectivity index (χ0) is 13.5. The van der Waals surface area contributed by atoms with Gasteiger partial charge in [0.1, 0.15) is 11.0 Å². The maximum Gasteiger partial charge on any atom is 0.251 e. The van der Waals surface area contributed by atoms with Gasteiger partial charge in [0, 0.05) is 16.2 Å². The Kier molecular flexibility index (Phi) is 6.42. The molecular formula is C12H13ClFIN2O. The minimum Gasteiger partial charge on any atom is -0.376 e. The molecule has 0 atom stereocenters. The molecule has 6 heteroatoms. The third-order valence-corrected chi connectivity index (χ3v) is 2.90. The molecule has 0 saturated carbocycles. The Balaban J connectivity index is 2.64. The quantitative estimate of drug-likeness (QED) is 0.465. The van der Waals surface area contributed by atoms with Crippen molar-refractivity contribution in [1.29, 1.82) is 0 Å². The molecule has 1 aromatic carbocycles. The summed E-state index contributed by atoms with van der Waals surface area (Å²) >= 11 is 7.78. The van der Waals surface area contributed by atoms with E-state index in [1.807, 2.05) is 29.5 Å². The van der Waals surface area contributed by atoms with Crippen LogP contribution in [-0.2, 0) is 4.79 Å². The largest absolute Gasteiger partial charge is 0.376 e. The Hall–Kier alpha value is -0.820. The Morgan fingerprint density at radius 3 is 2.89 bits per heavy atom. The average Bonchev–Trinajstić information content (AvgIpc) is 2.30. The maximum atomic E-state index is 13.5. The highest BCUT2D eigenvalue weighted by molar-refractivity contribution is 14.1. The highest BCUT2D eigenvalue weighted by Gasteiger charge is 2.06. The van der Waals surface area contributed by atoms with E-state index in [-0.39, 0.29) is 10.8 Å². The van der Waals surface area contributed by atoms with E-state index in [0.29, 0.717) is 6.54 Å². The number of nitrogens with one attached hydrogen (secondary N) is 2. The molecule has 0 heterocycles. The third kappa shape index (κ3) is 5.22. The molecule has 1 aromatic rings. The van der Waals surface area contributed by atoms with E-state index >= 15 is 0 Å². The molecule has 1 rings (SSSR count). The third-order valence-electron chi connectivity index (χ3n) is 1.99. The molecule has 98 valence electrons. The molecule has 0 aliphatic carbocycles. The van der Waals surface area contributed by atoms with Crippen LogP contribution in [0.5, 0.6) is 0 Å². The van der Waals surface area contributed by atoms with Crippen LogP contribution in [0.25, 0.3) is 0 Å². The van der Waals surface area contributed by atoms with Crippen LogP contribution in [0.2, 0.25) is 0 Å². The lowest BCUT2D eigenvalue weighted by molar-refractivity contribution is -0.112. The van der Waals surface area contributed by atoms with Crippen molar-refractivity contribution >= 4 is 45.8 Å². The van der Waals surface area contributed by atoms with Crippen molar-refractivity contribution in [2.24, 2.45) is 0 Å². The lowest BCUT2D eigenvalue weighted by atomic mass is 10.3. The van der Waals surface area contributed by atoms with E-state index < -0.39 is 11.7 Å². The number of anilines is 1. The summed E-state index contributed by atoms with van der Waals surface area (Å²) in [6.07, 6.45) is 2.09. The normalized spacial score (nSPS) is 11.2. The number of rotatable bonds is 5. The summed E-state index contributed by atoms with van der Waals surface area (Å²) in [7, 11) is 0. The first kappa shape index (κ1) is 15.2. The zero-order valence-corrected chi connectivity index (χ0v) is 12.7. The zero-order valence-electron chi connectivity index (χ0n) is 9.77. The van der Waals surface area contributed by atoms with E-state index in [2.05, 4.69) is 10.6 Å². The van der Waals surface area contributed by atoms with E-state index in [4.69, 9.17) is 11.6 Å². The number of hydrogen-bond acceptors (Lipinski definition) is 2. The molecule has 0 aliphatic rings.